The maximum absolute atomic E-state index is 14.2. The van der Waals surface area contributed by atoms with E-state index >= 15 is 0 Å². The number of hydrogen-bond donors (Lipinski definition) is 1. The summed E-state index contributed by atoms with van der Waals surface area (Å²) in [5, 5.41) is 2.66. The van der Waals surface area contributed by atoms with Crippen LogP contribution in [0.4, 0.5) is 15.8 Å². The predicted octanol–water partition coefficient (Wildman–Crippen LogP) is 4.27. The molecule has 4 rings (SSSR count). The number of benzene rings is 2. The van der Waals surface area contributed by atoms with Crippen LogP contribution < -0.4 is 5.32 Å². The lowest BCUT2D eigenvalue weighted by atomic mass is 10.2. The number of anilines is 1. The van der Waals surface area contributed by atoms with Crippen molar-refractivity contribution in [1.82, 2.24) is 9.80 Å². The van der Waals surface area contributed by atoms with Crippen molar-refractivity contribution in [1.29, 1.82) is 0 Å². The molecule has 1 atom stereocenters. The number of rotatable bonds is 8. The van der Waals surface area contributed by atoms with Gasteiger partial charge in [-0.05, 0) is 46.6 Å². The normalized spacial score (nSPS) is 20.2. The molecule has 2 aliphatic rings. The molecule has 10 heteroatoms. The summed E-state index contributed by atoms with van der Waals surface area (Å²) in [5.74, 6) is -0.895. The van der Waals surface area contributed by atoms with Gasteiger partial charge in [-0.1, -0.05) is 36.0 Å². The first-order valence-electron chi connectivity index (χ1n) is 11.2. The number of nitrogens with one attached hydrogen (secondary N) is 1. The molecule has 7 nitrogen and oxygen atoms in total. The monoisotopic (exact) mass is 548 g/mol. The lowest BCUT2D eigenvalue weighted by molar-refractivity contribution is -0.128. The zero-order valence-corrected chi connectivity index (χ0v) is 21.0. The summed E-state index contributed by atoms with van der Waals surface area (Å²) < 4.78 is 20.4. The van der Waals surface area contributed by atoms with E-state index in [-0.39, 0.29) is 23.9 Å². The Bertz CT molecular complexity index is 1060. The minimum Gasteiger partial charge on any atom is -0.379 e. The van der Waals surface area contributed by atoms with Gasteiger partial charge in [-0.25, -0.2) is 9.38 Å². The van der Waals surface area contributed by atoms with Crippen LogP contribution in [0.5, 0.6) is 0 Å². The number of amidine groups is 1. The highest BCUT2D eigenvalue weighted by atomic mass is 79.9. The highest BCUT2D eigenvalue weighted by Crippen LogP contribution is 2.33. The van der Waals surface area contributed by atoms with Crippen LogP contribution in [0.1, 0.15) is 12.8 Å². The number of carbonyl (C=O) groups is 2. The number of aliphatic imine (C=N–C) groups is 1. The number of para-hydroxylation sites is 2. The van der Waals surface area contributed by atoms with Gasteiger partial charge in [0.2, 0.25) is 11.8 Å². The number of thioether (sulfide) groups is 1. The second-order valence-corrected chi connectivity index (χ2v) is 10.0. The Morgan fingerprint density at radius 1 is 1.15 bits per heavy atom. The number of nitrogens with zero attached hydrogens (tertiary/aromatic N) is 3. The molecule has 0 bridgehead atoms. The summed E-state index contributed by atoms with van der Waals surface area (Å²) in [7, 11) is 0. The van der Waals surface area contributed by atoms with E-state index in [0.717, 1.165) is 30.5 Å². The Morgan fingerprint density at radius 2 is 1.88 bits per heavy atom. The fourth-order valence-electron chi connectivity index (χ4n) is 3.79. The smallest absolute Gasteiger partial charge is 0.242 e. The minimum absolute atomic E-state index is 0.00108. The van der Waals surface area contributed by atoms with E-state index in [1.807, 2.05) is 18.2 Å². The molecule has 2 aromatic rings. The standard InChI is InChI=1S/C24H26BrFN4O3S/c25-17-6-1-3-8-19(17)27-22(31)16-21-23(32)30(11-5-10-29-12-14-33-15-13-29)24(34-21)28-20-9-4-2-7-18(20)26/h1-4,6-9,21H,5,10-16H2,(H,27,31)/t21-/m0/s1. The second-order valence-electron chi connectivity index (χ2n) is 7.98. The fourth-order valence-corrected chi connectivity index (χ4v) is 5.35. The molecular weight excluding hydrogens is 523 g/mol. The molecule has 2 amide bonds. The van der Waals surface area contributed by atoms with Crippen molar-refractivity contribution >= 4 is 56.0 Å². The maximum Gasteiger partial charge on any atom is 0.242 e. The van der Waals surface area contributed by atoms with Crippen molar-refractivity contribution in [2.75, 3.05) is 44.7 Å². The van der Waals surface area contributed by atoms with Gasteiger partial charge in [0.1, 0.15) is 16.8 Å². The van der Waals surface area contributed by atoms with Gasteiger partial charge in [0.25, 0.3) is 0 Å². The van der Waals surface area contributed by atoms with Crippen LogP contribution in [0, 0.1) is 5.82 Å². The number of ether oxygens (including phenoxy) is 1. The van der Waals surface area contributed by atoms with Gasteiger partial charge in [-0.2, -0.15) is 0 Å². The van der Waals surface area contributed by atoms with E-state index in [1.54, 1.807) is 29.2 Å². The molecule has 0 aromatic heterocycles. The van der Waals surface area contributed by atoms with Crippen LogP contribution in [0.25, 0.3) is 0 Å². The molecule has 1 N–H and O–H groups in total. The first-order valence-corrected chi connectivity index (χ1v) is 12.8. The Hall–Kier alpha value is -2.27. The van der Waals surface area contributed by atoms with Crippen molar-refractivity contribution in [2.24, 2.45) is 4.99 Å². The van der Waals surface area contributed by atoms with E-state index in [4.69, 9.17) is 4.74 Å². The summed E-state index contributed by atoms with van der Waals surface area (Å²) >= 11 is 4.63. The molecule has 0 radical (unpaired) electrons. The van der Waals surface area contributed by atoms with E-state index in [9.17, 15) is 14.0 Å². The molecule has 0 unspecified atom stereocenters. The average Bonchev–Trinajstić information content (AvgIpc) is 3.11. The Morgan fingerprint density at radius 3 is 2.65 bits per heavy atom. The molecule has 2 saturated heterocycles. The third kappa shape index (κ3) is 6.44. The third-order valence-corrected chi connectivity index (χ3v) is 7.43. The molecule has 0 aliphatic carbocycles. The highest BCUT2D eigenvalue weighted by molar-refractivity contribution is 9.10. The van der Waals surface area contributed by atoms with E-state index in [1.165, 1.54) is 17.8 Å². The Kier molecular flexibility index (Phi) is 8.71. The van der Waals surface area contributed by atoms with Gasteiger partial charge < -0.3 is 10.1 Å². The molecule has 2 aliphatic heterocycles. The van der Waals surface area contributed by atoms with Crippen molar-refractivity contribution < 1.29 is 18.7 Å². The maximum atomic E-state index is 14.2. The third-order valence-electron chi connectivity index (χ3n) is 5.57. The molecule has 2 heterocycles. The SMILES string of the molecule is O=C(C[C@@H]1SC(=Nc2ccccc2F)N(CCCN2CCOCC2)C1=O)Nc1ccccc1Br. The molecule has 180 valence electrons. The van der Waals surface area contributed by atoms with Gasteiger partial charge in [-0.3, -0.25) is 19.4 Å². The molecular formula is C24H26BrFN4O3S. The van der Waals surface area contributed by atoms with Crippen LogP contribution in [-0.4, -0.2) is 71.4 Å². The zero-order chi connectivity index (χ0) is 23.9. The van der Waals surface area contributed by atoms with Gasteiger partial charge in [0, 0.05) is 37.1 Å². The lowest BCUT2D eigenvalue weighted by Gasteiger charge is -2.27. The van der Waals surface area contributed by atoms with Crippen LogP contribution in [0.3, 0.4) is 0 Å². The van der Waals surface area contributed by atoms with Crippen LogP contribution in [-0.2, 0) is 14.3 Å². The van der Waals surface area contributed by atoms with Crippen molar-refractivity contribution in [3.63, 3.8) is 0 Å². The van der Waals surface area contributed by atoms with Crippen molar-refractivity contribution in [3.05, 3.63) is 58.8 Å². The highest BCUT2D eigenvalue weighted by Gasteiger charge is 2.39. The Labute approximate surface area is 210 Å². The van der Waals surface area contributed by atoms with Gasteiger partial charge in [0.05, 0.1) is 18.9 Å². The molecule has 34 heavy (non-hydrogen) atoms. The van der Waals surface area contributed by atoms with E-state index in [0.29, 0.717) is 30.6 Å². The predicted molar refractivity (Wildman–Crippen MR) is 136 cm³/mol. The summed E-state index contributed by atoms with van der Waals surface area (Å²) in [6.45, 7) is 4.46. The van der Waals surface area contributed by atoms with Gasteiger partial charge in [-0.15, -0.1) is 0 Å². The number of amides is 2. The van der Waals surface area contributed by atoms with E-state index in [2.05, 4.69) is 31.1 Å². The Balaban J connectivity index is 1.45. The molecule has 2 aromatic carbocycles. The number of carbonyl (C=O) groups excluding carboxylic acids is 2. The summed E-state index contributed by atoms with van der Waals surface area (Å²) in [4.78, 5) is 34.3. The number of morpholine rings is 1. The van der Waals surface area contributed by atoms with Crippen LogP contribution in [0.2, 0.25) is 0 Å². The average molecular weight is 549 g/mol. The largest absolute Gasteiger partial charge is 0.379 e. The number of hydrogen-bond acceptors (Lipinski definition) is 6. The lowest BCUT2D eigenvalue weighted by Crippen LogP contribution is -2.39. The first-order chi connectivity index (χ1) is 16.5. The van der Waals surface area contributed by atoms with Crippen molar-refractivity contribution in [3.8, 4) is 0 Å². The quantitative estimate of drug-likeness (QED) is 0.533. The number of halogens is 2. The fraction of sp³-hybridized carbons (Fsp3) is 0.375. The summed E-state index contributed by atoms with van der Waals surface area (Å²) in [6, 6.07) is 13.5. The topological polar surface area (TPSA) is 74.2 Å². The van der Waals surface area contributed by atoms with Gasteiger partial charge in [0.15, 0.2) is 5.17 Å². The van der Waals surface area contributed by atoms with Gasteiger partial charge >= 0.3 is 0 Å². The van der Waals surface area contributed by atoms with E-state index < -0.39 is 11.1 Å². The zero-order valence-electron chi connectivity index (χ0n) is 18.6. The molecule has 0 spiro atoms. The van der Waals surface area contributed by atoms with Crippen LogP contribution in [0.15, 0.2) is 58.0 Å². The van der Waals surface area contributed by atoms with Crippen LogP contribution >= 0.6 is 27.7 Å². The van der Waals surface area contributed by atoms with Crippen molar-refractivity contribution in [2.45, 2.75) is 18.1 Å². The second kappa shape index (κ2) is 11.9. The summed E-state index contributed by atoms with van der Waals surface area (Å²) in [5.41, 5.74) is 0.819. The molecule has 2 fully saturated rings. The first kappa shape index (κ1) is 24.8. The molecule has 0 saturated carbocycles. The summed E-state index contributed by atoms with van der Waals surface area (Å²) in [6.07, 6.45) is 0.750. The minimum atomic E-state index is -0.614.